The second kappa shape index (κ2) is 7.41. The second-order valence-electron chi connectivity index (χ2n) is 8.28. The summed E-state index contributed by atoms with van der Waals surface area (Å²) in [5.74, 6) is -1.28. The molecule has 0 saturated heterocycles. The summed E-state index contributed by atoms with van der Waals surface area (Å²) in [4.78, 5) is 28.9. The quantitative estimate of drug-likeness (QED) is 0.586. The zero-order valence-electron chi connectivity index (χ0n) is 18.0. The third-order valence-electron chi connectivity index (χ3n) is 5.86. The predicted octanol–water partition coefficient (Wildman–Crippen LogP) is 4.37. The fraction of sp³-hybridized carbons (Fsp3) is 0.208. The number of carbonyl (C=O) groups is 2. The minimum Gasteiger partial charge on any atom is -0.492 e. The molecule has 0 aliphatic carbocycles. The van der Waals surface area contributed by atoms with E-state index in [9.17, 15) is 18.4 Å². The van der Waals surface area contributed by atoms with Crippen molar-refractivity contribution in [2.24, 2.45) is 0 Å². The molecule has 2 aliphatic heterocycles. The molecule has 3 heterocycles. The number of aromatic nitrogens is 1. The number of carboxylic acids is 1. The van der Waals surface area contributed by atoms with E-state index in [1.807, 2.05) is 0 Å². The maximum atomic E-state index is 13.4. The lowest BCUT2D eigenvalue weighted by Crippen LogP contribution is -2.39. The van der Waals surface area contributed by atoms with Gasteiger partial charge in [0.1, 0.15) is 23.6 Å². The lowest BCUT2D eigenvalue weighted by Gasteiger charge is -2.21. The van der Waals surface area contributed by atoms with Gasteiger partial charge in [-0.05, 0) is 49.7 Å². The Kier molecular flexibility index (Phi) is 4.71. The van der Waals surface area contributed by atoms with Crippen molar-refractivity contribution in [2.75, 3.05) is 11.9 Å². The van der Waals surface area contributed by atoms with E-state index in [4.69, 9.17) is 9.84 Å². The molecule has 0 fully saturated rings. The fourth-order valence-corrected chi connectivity index (χ4v) is 4.01. The van der Waals surface area contributed by atoms with Gasteiger partial charge in [0.2, 0.25) is 5.91 Å². The lowest BCUT2D eigenvalue weighted by atomic mass is 9.83. The highest BCUT2D eigenvalue weighted by atomic mass is 19.3. The van der Waals surface area contributed by atoms with Gasteiger partial charge in [0, 0.05) is 17.2 Å². The molecule has 2 N–H and O–H groups in total. The topological polar surface area (TPSA) is 107 Å². The first-order valence-electron chi connectivity index (χ1n) is 10.3. The number of ether oxygens (including phenoxy) is 3. The molecule has 1 amide bonds. The van der Waals surface area contributed by atoms with Crippen LogP contribution >= 0.6 is 0 Å². The molecule has 34 heavy (non-hydrogen) atoms. The van der Waals surface area contributed by atoms with Crippen LogP contribution in [0.4, 0.5) is 14.6 Å². The molecule has 0 unspecified atom stereocenters. The highest BCUT2D eigenvalue weighted by molar-refractivity contribution is 6.00. The van der Waals surface area contributed by atoms with Crippen molar-refractivity contribution in [3.63, 3.8) is 0 Å². The van der Waals surface area contributed by atoms with Crippen LogP contribution in [0.25, 0.3) is 11.3 Å². The first kappa shape index (κ1) is 21.6. The van der Waals surface area contributed by atoms with E-state index in [1.54, 1.807) is 44.2 Å². The maximum absolute atomic E-state index is 13.4. The van der Waals surface area contributed by atoms with Gasteiger partial charge in [-0.25, -0.2) is 9.78 Å². The van der Waals surface area contributed by atoms with Crippen LogP contribution in [0.2, 0.25) is 0 Å². The van der Waals surface area contributed by atoms with Crippen molar-refractivity contribution in [3.8, 4) is 28.5 Å². The average molecular weight is 468 g/mol. The first-order chi connectivity index (χ1) is 16.1. The number of halogens is 2. The molecule has 2 aliphatic rings. The first-order valence-corrected chi connectivity index (χ1v) is 10.3. The van der Waals surface area contributed by atoms with Crippen LogP contribution in [-0.4, -0.2) is 34.9 Å². The number of rotatable bonds is 4. The minimum atomic E-state index is -3.78. The minimum absolute atomic E-state index is 0.0110. The third kappa shape index (κ3) is 3.57. The molecule has 3 aromatic rings. The van der Waals surface area contributed by atoms with E-state index < -0.39 is 23.6 Å². The van der Waals surface area contributed by atoms with Crippen LogP contribution in [-0.2, 0) is 10.2 Å². The molecule has 174 valence electrons. The average Bonchev–Trinajstić information content (AvgIpc) is 3.27. The normalized spacial score (nSPS) is 19.3. The monoisotopic (exact) mass is 468 g/mol. The van der Waals surface area contributed by atoms with Gasteiger partial charge in [-0.2, -0.15) is 0 Å². The molecule has 5 rings (SSSR count). The number of pyridine rings is 1. The summed E-state index contributed by atoms with van der Waals surface area (Å²) in [7, 11) is 0. The van der Waals surface area contributed by atoms with E-state index in [0.717, 1.165) is 5.56 Å². The Morgan fingerprint density at radius 2 is 1.79 bits per heavy atom. The Labute approximate surface area is 192 Å². The van der Waals surface area contributed by atoms with Crippen molar-refractivity contribution in [3.05, 3.63) is 65.2 Å². The molecule has 0 spiro atoms. The molecule has 0 saturated carbocycles. The molecule has 2 aromatic carbocycles. The van der Waals surface area contributed by atoms with Gasteiger partial charge in [0.15, 0.2) is 11.5 Å². The number of fused-ring (bicyclic) bond motifs is 2. The largest absolute Gasteiger partial charge is 0.586 e. The number of hydrogen-bond acceptors (Lipinski definition) is 6. The summed E-state index contributed by atoms with van der Waals surface area (Å²) >= 11 is 0. The lowest BCUT2D eigenvalue weighted by molar-refractivity contribution is -0.286. The SMILES string of the molecule is Cc1cc(C(=O)O)ccc1-c1cccc(NC(=O)[C@@]2(C)COc3cc4c(cc32)OC(F)(F)O4)n1. The summed E-state index contributed by atoms with van der Waals surface area (Å²) in [6, 6.07) is 12.4. The van der Waals surface area contributed by atoms with Crippen molar-refractivity contribution in [1.82, 2.24) is 4.98 Å². The van der Waals surface area contributed by atoms with E-state index in [0.29, 0.717) is 16.8 Å². The number of amides is 1. The van der Waals surface area contributed by atoms with E-state index in [-0.39, 0.29) is 35.2 Å². The Morgan fingerprint density at radius 3 is 2.50 bits per heavy atom. The smallest absolute Gasteiger partial charge is 0.492 e. The van der Waals surface area contributed by atoms with Gasteiger partial charge >= 0.3 is 12.3 Å². The van der Waals surface area contributed by atoms with E-state index in [2.05, 4.69) is 19.8 Å². The Hall–Kier alpha value is -4.21. The molecule has 0 radical (unpaired) electrons. The van der Waals surface area contributed by atoms with Crippen LogP contribution in [0.5, 0.6) is 17.2 Å². The standard InChI is InChI=1S/C24H18F2N2O6/c1-12-8-13(21(29)30)6-7-14(12)16-4-3-5-20(27-16)28-22(31)23(2)11-32-17-10-19-18(9-15(17)23)33-24(25,26)34-19/h3-10H,11H2,1-2H3,(H,29,30)(H,27,28,31)/t23-/m0/s1. The zero-order valence-corrected chi connectivity index (χ0v) is 18.0. The zero-order chi connectivity index (χ0) is 24.3. The molecule has 1 atom stereocenters. The van der Waals surface area contributed by atoms with Crippen molar-refractivity contribution < 1.29 is 37.7 Å². The predicted molar refractivity (Wildman–Crippen MR) is 115 cm³/mol. The number of hydrogen-bond donors (Lipinski definition) is 2. The van der Waals surface area contributed by atoms with Crippen molar-refractivity contribution >= 4 is 17.7 Å². The Bertz CT molecular complexity index is 1360. The van der Waals surface area contributed by atoms with Crippen LogP contribution in [0.3, 0.4) is 0 Å². The molecule has 8 nitrogen and oxygen atoms in total. The van der Waals surface area contributed by atoms with Crippen molar-refractivity contribution in [1.29, 1.82) is 0 Å². The molecule has 0 bridgehead atoms. The number of benzene rings is 2. The highest BCUT2D eigenvalue weighted by Gasteiger charge is 2.49. The number of carboxylic acid groups (broad SMARTS) is 1. The van der Waals surface area contributed by atoms with Crippen LogP contribution in [0, 0.1) is 6.92 Å². The number of aryl methyl sites for hydroxylation is 1. The van der Waals surface area contributed by atoms with Crippen LogP contribution in [0.15, 0.2) is 48.5 Å². The summed E-state index contributed by atoms with van der Waals surface area (Å²) < 4.78 is 41.4. The third-order valence-corrected chi connectivity index (χ3v) is 5.86. The maximum Gasteiger partial charge on any atom is 0.586 e. The fourth-order valence-electron chi connectivity index (χ4n) is 4.01. The molecular formula is C24H18F2N2O6. The molecular weight excluding hydrogens is 450 g/mol. The number of carbonyl (C=O) groups excluding carboxylic acids is 1. The number of aromatic carboxylic acids is 1. The van der Waals surface area contributed by atoms with Gasteiger partial charge < -0.3 is 24.6 Å². The van der Waals surface area contributed by atoms with Gasteiger partial charge in [0.25, 0.3) is 0 Å². The second-order valence-corrected chi connectivity index (χ2v) is 8.28. The number of alkyl halides is 2. The van der Waals surface area contributed by atoms with Crippen molar-refractivity contribution in [2.45, 2.75) is 25.6 Å². The molecule has 1 aromatic heterocycles. The summed E-state index contributed by atoms with van der Waals surface area (Å²) in [5.41, 5.74) is 1.34. The summed E-state index contributed by atoms with van der Waals surface area (Å²) in [6.07, 6.45) is -3.78. The van der Waals surface area contributed by atoms with Crippen LogP contribution in [0.1, 0.15) is 28.4 Å². The van der Waals surface area contributed by atoms with Gasteiger partial charge in [-0.1, -0.05) is 12.1 Å². The van der Waals surface area contributed by atoms with Gasteiger partial charge in [0.05, 0.1) is 11.3 Å². The number of anilines is 1. The van der Waals surface area contributed by atoms with E-state index >= 15 is 0 Å². The summed E-state index contributed by atoms with van der Waals surface area (Å²) in [5, 5.41) is 11.9. The van der Waals surface area contributed by atoms with Crippen LogP contribution < -0.4 is 19.5 Å². The van der Waals surface area contributed by atoms with E-state index in [1.165, 1.54) is 18.2 Å². The van der Waals surface area contributed by atoms with Gasteiger partial charge in [-0.15, -0.1) is 8.78 Å². The Morgan fingerprint density at radius 1 is 1.06 bits per heavy atom. The number of nitrogens with one attached hydrogen (secondary N) is 1. The highest BCUT2D eigenvalue weighted by Crippen LogP contribution is 2.50. The molecule has 10 heteroatoms. The number of nitrogens with zero attached hydrogens (tertiary/aromatic N) is 1. The van der Waals surface area contributed by atoms with Gasteiger partial charge in [-0.3, -0.25) is 4.79 Å². The Balaban J connectivity index is 1.41. The summed E-state index contributed by atoms with van der Waals surface area (Å²) in [6.45, 7) is 3.40.